The first-order valence-electron chi connectivity index (χ1n) is 11.0. The molecule has 2 aliphatic heterocycles. The molecular weight excluding hydrogens is 401 g/mol. The van der Waals surface area contributed by atoms with Gasteiger partial charge in [-0.15, -0.1) is 0 Å². The first kappa shape index (κ1) is 21.7. The van der Waals surface area contributed by atoms with Crippen molar-refractivity contribution in [2.45, 2.75) is 44.7 Å². The Labute approximate surface area is 181 Å². The molecule has 31 heavy (non-hydrogen) atoms. The smallest absolute Gasteiger partial charge is 0.322 e. The molecule has 0 aromatic heterocycles. The van der Waals surface area contributed by atoms with E-state index in [4.69, 9.17) is 0 Å². The zero-order valence-electron chi connectivity index (χ0n) is 17.9. The fourth-order valence-corrected chi connectivity index (χ4v) is 4.65. The molecule has 2 N–H and O–H groups in total. The number of carbonyl (C=O) groups is 3. The molecule has 0 bridgehead atoms. The number of nitrogens with one attached hydrogen (secondary N) is 2. The van der Waals surface area contributed by atoms with Crippen LogP contribution in [0.3, 0.4) is 0 Å². The predicted octanol–water partition coefficient (Wildman–Crippen LogP) is 1.48. The number of amides is 4. The summed E-state index contributed by atoms with van der Waals surface area (Å²) in [6, 6.07) is 6.20. The Bertz CT molecular complexity index is 847. The normalized spacial score (nSPS) is 27.5. The van der Waals surface area contributed by atoms with Gasteiger partial charge in [0.05, 0.1) is 6.54 Å². The van der Waals surface area contributed by atoms with E-state index in [1.165, 1.54) is 6.07 Å². The number of carbonyl (C=O) groups excluding carboxylic acids is 3. The standard InChI is InChI=1S/C22H30FN5O3/c1-16-6-8-22(9-7-16)20(30)28(21(31)24-22)25-19(29)15-27-12-10-26(11-13-27)14-17-4-2-3-5-18(17)23/h2-5,16H,6-15H2,1H3,(H,24,31)(H,25,29). The van der Waals surface area contributed by atoms with E-state index in [1.807, 2.05) is 11.0 Å². The van der Waals surface area contributed by atoms with Crippen molar-refractivity contribution in [3.8, 4) is 0 Å². The first-order valence-corrected chi connectivity index (χ1v) is 11.0. The molecule has 1 saturated carbocycles. The highest BCUT2D eigenvalue weighted by Gasteiger charge is 2.52. The third kappa shape index (κ3) is 4.72. The Morgan fingerprint density at radius 2 is 1.77 bits per heavy atom. The average Bonchev–Trinajstić information content (AvgIpc) is 2.97. The van der Waals surface area contributed by atoms with Crippen molar-refractivity contribution < 1.29 is 18.8 Å². The molecule has 3 aliphatic rings. The van der Waals surface area contributed by atoms with Crippen LogP contribution in [0.1, 0.15) is 38.2 Å². The lowest BCUT2D eigenvalue weighted by Crippen LogP contribution is -2.54. The minimum atomic E-state index is -0.866. The van der Waals surface area contributed by atoms with E-state index in [0.29, 0.717) is 57.0 Å². The Balaban J connectivity index is 1.25. The molecule has 0 radical (unpaired) electrons. The third-order valence-electron chi connectivity index (χ3n) is 6.71. The Morgan fingerprint density at radius 1 is 1.13 bits per heavy atom. The van der Waals surface area contributed by atoms with Crippen LogP contribution in [0.5, 0.6) is 0 Å². The maximum atomic E-state index is 13.8. The van der Waals surface area contributed by atoms with E-state index in [1.54, 1.807) is 12.1 Å². The number of hydrazine groups is 1. The zero-order chi connectivity index (χ0) is 22.0. The molecule has 0 unspecified atom stereocenters. The van der Waals surface area contributed by atoms with Gasteiger partial charge in [-0.2, -0.15) is 5.01 Å². The molecule has 1 aliphatic carbocycles. The van der Waals surface area contributed by atoms with Gasteiger partial charge in [0.1, 0.15) is 11.4 Å². The first-order chi connectivity index (χ1) is 14.9. The highest BCUT2D eigenvalue weighted by molar-refractivity contribution is 6.08. The molecule has 8 nitrogen and oxygen atoms in total. The Kier molecular flexibility index (Phi) is 6.24. The lowest BCUT2D eigenvalue weighted by atomic mass is 9.77. The van der Waals surface area contributed by atoms with Crippen molar-refractivity contribution >= 4 is 17.8 Å². The van der Waals surface area contributed by atoms with Crippen molar-refractivity contribution in [2.24, 2.45) is 5.92 Å². The van der Waals surface area contributed by atoms with Gasteiger partial charge in [0.15, 0.2) is 0 Å². The van der Waals surface area contributed by atoms with Gasteiger partial charge in [0.25, 0.3) is 11.8 Å². The summed E-state index contributed by atoms with van der Waals surface area (Å²) < 4.78 is 13.8. The van der Waals surface area contributed by atoms with Crippen LogP contribution in [0.4, 0.5) is 9.18 Å². The maximum Gasteiger partial charge on any atom is 0.344 e. The lowest BCUT2D eigenvalue weighted by Gasteiger charge is -2.34. The number of urea groups is 1. The van der Waals surface area contributed by atoms with Crippen LogP contribution in [0.2, 0.25) is 0 Å². The molecule has 9 heteroatoms. The molecule has 4 rings (SSSR count). The summed E-state index contributed by atoms with van der Waals surface area (Å²) in [5.41, 5.74) is 2.29. The summed E-state index contributed by atoms with van der Waals surface area (Å²) in [6.07, 6.45) is 2.97. The summed E-state index contributed by atoms with van der Waals surface area (Å²) in [5, 5.41) is 3.66. The molecule has 1 aromatic carbocycles. The summed E-state index contributed by atoms with van der Waals surface area (Å²) in [4.78, 5) is 41.8. The summed E-state index contributed by atoms with van der Waals surface area (Å²) in [7, 11) is 0. The van der Waals surface area contributed by atoms with Crippen molar-refractivity contribution in [3.05, 3.63) is 35.6 Å². The van der Waals surface area contributed by atoms with Gasteiger partial charge < -0.3 is 5.32 Å². The number of rotatable bonds is 5. The molecule has 2 saturated heterocycles. The average molecular weight is 432 g/mol. The molecule has 1 spiro atoms. The molecule has 2 heterocycles. The summed E-state index contributed by atoms with van der Waals surface area (Å²) in [5.74, 6) is -0.404. The Morgan fingerprint density at radius 3 is 2.45 bits per heavy atom. The number of piperazine rings is 1. The summed E-state index contributed by atoms with van der Waals surface area (Å²) >= 11 is 0. The summed E-state index contributed by atoms with van der Waals surface area (Å²) in [6.45, 7) is 5.53. The second-order valence-corrected chi connectivity index (χ2v) is 9.01. The number of halogens is 1. The fraction of sp³-hybridized carbons (Fsp3) is 0.591. The van der Waals surface area contributed by atoms with E-state index >= 15 is 0 Å². The monoisotopic (exact) mass is 431 g/mol. The van der Waals surface area contributed by atoms with Crippen LogP contribution in [-0.2, 0) is 16.1 Å². The van der Waals surface area contributed by atoms with E-state index in [2.05, 4.69) is 22.6 Å². The van der Waals surface area contributed by atoms with Crippen LogP contribution in [0, 0.1) is 11.7 Å². The van der Waals surface area contributed by atoms with Crippen LogP contribution in [-0.4, -0.2) is 70.9 Å². The predicted molar refractivity (Wildman–Crippen MR) is 112 cm³/mol. The molecule has 1 aromatic rings. The SMILES string of the molecule is CC1CCC2(CC1)NC(=O)N(NC(=O)CN1CCN(Cc3ccccc3F)CC1)C2=O. The van der Waals surface area contributed by atoms with E-state index < -0.39 is 11.6 Å². The number of nitrogens with zero attached hydrogens (tertiary/aromatic N) is 3. The molecular formula is C22H30FN5O3. The highest BCUT2D eigenvalue weighted by Crippen LogP contribution is 2.35. The highest BCUT2D eigenvalue weighted by atomic mass is 19.1. The van der Waals surface area contributed by atoms with Crippen LogP contribution in [0.15, 0.2) is 24.3 Å². The van der Waals surface area contributed by atoms with Crippen LogP contribution >= 0.6 is 0 Å². The van der Waals surface area contributed by atoms with Gasteiger partial charge in [-0.3, -0.25) is 24.8 Å². The van der Waals surface area contributed by atoms with E-state index in [0.717, 1.165) is 17.9 Å². The van der Waals surface area contributed by atoms with Crippen molar-refractivity contribution in [2.75, 3.05) is 32.7 Å². The molecule has 3 fully saturated rings. The van der Waals surface area contributed by atoms with Gasteiger partial charge in [0, 0.05) is 38.3 Å². The largest absolute Gasteiger partial charge is 0.344 e. The minimum Gasteiger partial charge on any atom is -0.322 e. The van der Waals surface area contributed by atoms with Gasteiger partial charge in [-0.25, -0.2) is 9.18 Å². The zero-order valence-corrected chi connectivity index (χ0v) is 17.9. The Hall–Kier alpha value is -2.52. The van der Waals surface area contributed by atoms with Crippen molar-refractivity contribution in [3.63, 3.8) is 0 Å². The quantitative estimate of drug-likeness (QED) is 0.690. The van der Waals surface area contributed by atoms with Crippen LogP contribution in [0.25, 0.3) is 0 Å². The topological polar surface area (TPSA) is 85.0 Å². The number of hydrogen-bond donors (Lipinski definition) is 2. The third-order valence-corrected chi connectivity index (χ3v) is 6.71. The maximum absolute atomic E-state index is 13.8. The van der Waals surface area contributed by atoms with Gasteiger partial charge in [0.2, 0.25) is 0 Å². The van der Waals surface area contributed by atoms with E-state index in [9.17, 15) is 18.8 Å². The van der Waals surface area contributed by atoms with Gasteiger partial charge in [-0.1, -0.05) is 25.1 Å². The van der Waals surface area contributed by atoms with Crippen molar-refractivity contribution in [1.29, 1.82) is 0 Å². The van der Waals surface area contributed by atoms with Gasteiger partial charge in [-0.05, 0) is 37.7 Å². The second kappa shape index (κ2) is 8.92. The number of benzene rings is 1. The van der Waals surface area contributed by atoms with Crippen LogP contribution < -0.4 is 10.7 Å². The molecule has 4 amide bonds. The molecule has 168 valence electrons. The fourth-order valence-electron chi connectivity index (χ4n) is 4.65. The minimum absolute atomic E-state index is 0.106. The number of hydrogen-bond acceptors (Lipinski definition) is 5. The van der Waals surface area contributed by atoms with E-state index in [-0.39, 0.29) is 24.2 Å². The van der Waals surface area contributed by atoms with Gasteiger partial charge >= 0.3 is 6.03 Å². The molecule has 0 atom stereocenters. The second-order valence-electron chi connectivity index (χ2n) is 9.01. The number of imide groups is 1. The van der Waals surface area contributed by atoms with Crippen molar-refractivity contribution in [1.82, 2.24) is 25.6 Å². The lowest BCUT2D eigenvalue weighted by molar-refractivity contribution is -0.140.